The highest BCUT2D eigenvalue weighted by atomic mass is 79.9. The molecule has 1 fully saturated rings. The summed E-state index contributed by atoms with van der Waals surface area (Å²) in [6, 6.07) is 3.31. The molecule has 0 radical (unpaired) electrons. The quantitative estimate of drug-likeness (QED) is 0.438. The second-order valence-electron chi connectivity index (χ2n) is 4.75. The fourth-order valence-electron chi connectivity index (χ4n) is 1.75. The molecule has 98 valence electrons. The first-order valence-electron chi connectivity index (χ1n) is 5.61. The molecule has 0 spiro atoms. The Morgan fingerprint density at radius 1 is 1.50 bits per heavy atom. The molecule has 0 aromatic heterocycles. The van der Waals surface area contributed by atoms with Crippen molar-refractivity contribution in [3.05, 3.63) is 32.3 Å². The molecule has 1 saturated carbocycles. The summed E-state index contributed by atoms with van der Waals surface area (Å²) in [4.78, 5) is 10.6. The lowest BCUT2D eigenvalue weighted by Crippen LogP contribution is -2.15. The number of halogens is 2. The Morgan fingerprint density at radius 3 is 2.67 bits per heavy atom. The molecule has 2 rings (SSSR count). The maximum Gasteiger partial charge on any atom is 0.312 e. The highest BCUT2D eigenvalue weighted by Crippen LogP contribution is 2.48. The van der Waals surface area contributed by atoms with Crippen LogP contribution in [0.1, 0.15) is 18.4 Å². The number of nitro benzene ring substituents is 1. The van der Waals surface area contributed by atoms with Crippen LogP contribution in [0.3, 0.4) is 0 Å². The number of benzene rings is 1. The van der Waals surface area contributed by atoms with Crippen molar-refractivity contribution in [1.29, 1.82) is 0 Å². The Balaban J connectivity index is 2.23. The van der Waals surface area contributed by atoms with E-state index in [9.17, 15) is 10.1 Å². The zero-order valence-electron chi connectivity index (χ0n) is 9.91. The molecule has 0 heterocycles. The number of nitrogens with zero attached hydrogens (tertiary/aromatic N) is 1. The average Bonchev–Trinajstić information content (AvgIpc) is 3.07. The van der Waals surface area contributed by atoms with E-state index in [1.165, 1.54) is 6.07 Å². The predicted molar refractivity (Wildman–Crippen MR) is 76.5 cm³/mol. The third kappa shape index (κ3) is 2.85. The number of hydrogen-bond acceptors (Lipinski definition) is 3. The van der Waals surface area contributed by atoms with Gasteiger partial charge in [0.1, 0.15) is 0 Å². The van der Waals surface area contributed by atoms with Gasteiger partial charge in [-0.1, -0.05) is 31.9 Å². The molecule has 0 N–H and O–H groups in total. The largest absolute Gasteiger partial charge is 0.486 e. The lowest BCUT2D eigenvalue weighted by molar-refractivity contribution is -0.386. The summed E-state index contributed by atoms with van der Waals surface area (Å²) in [6.45, 7) is 2.35. The van der Waals surface area contributed by atoms with E-state index in [4.69, 9.17) is 4.74 Å². The summed E-state index contributed by atoms with van der Waals surface area (Å²) in [5.74, 6) is 0.385. The number of aryl methyl sites for hydroxylation is 1. The van der Waals surface area contributed by atoms with Crippen molar-refractivity contribution in [2.75, 3.05) is 11.9 Å². The van der Waals surface area contributed by atoms with Gasteiger partial charge in [-0.2, -0.15) is 0 Å². The molecule has 1 aromatic rings. The van der Waals surface area contributed by atoms with E-state index < -0.39 is 4.92 Å². The minimum absolute atomic E-state index is 0.0206. The first kappa shape index (κ1) is 13.8. The Kier molecular flexibility index (Phi) is 3.96. The second kappa shape index (κ2) is 5.17. The number of ether oxygens (including phenoxy) is 1. The van der Waals surface area contributed by atoms with Gasteiger partial charge in [-0.05, 0) is 31.4 Å². The van der Waals surface area contributed by atoms with Crippen molar-refractivity contribution in [1.82, 2.24) is 0 Å². The molecule has 6 heteroatoms. The van der Waals surface area contributed by atoms with Crippen molar-refractivity contribution >= 4 is 37.5 Å². The van der Waals surface area contributed by atoms with Crippen LogP contribution in [-0.2, 0) is 0 Å². The van der Waals surface area contributed by atoms with Crippen molar-refractivity contribution in [2.24, 2.45) is 5.41 Å². The number of nitro groups is 1. The van der Waals surface area contributed by atoms with Crippen LogP contribution in [0.25, 0.3) is 0 Å². The Bertz CT molecular complexity index is 486. The molecule has 4 nitrogen and oxygen atoms in total. The standard InChI is InChI=1S/C12H13Br2NO3/c1-8-4-9(14)5-10(15(16)17)11(8)18-7-12(6-13)2-3-12/h4-5H,2-3,6-7H2,1H3. The minimum Gasteiger partial charge on any atom is -0.486 e. The molecular formula is C12H13Br2NO3. The topological polar surface area (TPSA) is 52.4 Å². The lowest BCUT2D eigenvalue weighted by Gasteiger charge is -2.15. The summed E-state index contributed by atoms with van der Waals surface area (Å²) in [5, 5.41) is 11.9. The molecule has 0 bridgehead atoms. The Labute approximate surface area is 122 Å². The van der Waals surface area contributed by atoms with Gasteiger partial charge in [0.15, 0.2) is 5.75 Å². The average molecular weight is 379 g/mol. The summed E-state index contributed by atoms with van der Waals surface area (Å²) < 4.78 is 6.40. The monoisotopic (exact) mass is 377 g/mol. The first-order chi connectivity index (χ1) is 8.47. The number of alkyl halides is 1. The van der Waals surface area contributed by atoms with Crippen LogP contribution in [-0.4, -0.2) is 16.9 Å². The fourth-order valence-corrected chi connectivity index (χ4v) is 3.04. The van der Waals surface area contributed by atoms with E-state index >= 15 is 0 Å². The minimum atomic E-state index is -0.402. The van der Waals surface area contributed by atoms with E-state index in [0.717, 1.165) is 23.7 Å². The van der Waals surface area contributed by atoms with Crippen LogP contribution in [0.2, 0.25) is 0 Å². The third-order valence-corrected chi connectivity index (χ3v) is 4.83. The highest BCUT2D eigenvalue weighted by molar-refractivity contribution is 9.10. The van der Waals surface area contributed by atoms with Gasteiger partial charge in [0, 0.05) is 21.3 Å². The van der Waals surface area contributed by atoms with Gasteiger partial charge in [-0.25, -0.2) is 0 Å². The Morgan fingerprint density at radius 2 is 2.17 bits per heavy atom. The number of hydrogen-bond donors (Lipinski definition) is 0. The van der Waals surface area contributed by atoms with Crippen LogP contribution >= 0.6 is 31.9 Å². The first-order valence-corrected chi connectivity index (χ1v) is 7.52. The third-order valence-electron chi connectivity index (χ3n) is 3.18. The van der Waals surface area contributed by atoms with E-state index in [1.54, 1.807) is 0 Å². The highest BCUT2D eigenvalue weighted by Gasteiger charge is 2.42. The molecule has 1 aromatic carbocycles. The molecule has 0 unspecified atom stereocenters. The van der Waals surface area contributed by atoms with Crippen molar-refractivity contribution in [2.45, 2.75) is 19.8 Å². The maximum absolute atomic E-state index is 11.0. The van der Waals surface area contributed by atoms with Gasteiger partial charge in [-0.3, -0.25) is 10.1 Å². The summed E-state index contributed by atoms with van der Waals surface area (Å²) in [7, 11) is 0. The molecule has 18 heavy (non-hydrogen) atoms. The van der Waals surface area contributed by atoms with Gasteiger partial charge >= 0.3 is 5.69 Å². The van der Waals surface area contributed by atoms with Gasteiger partial charge in [0.2, 0.25) is 0 Å². The second-order valence-corrected chi connectivity index (χ2v) is 6.23. The summed E-state index contributed by atoms with van der Waals surface area (Å²) in [6.07, 6.45) is 2.23. The van der Waals surface area contributed by atoms with E-state index in [-0.39, 0.29) is 11.1 Å². The molecule has 1 aliphatic rings. The van der Waals surface area contributed by atoms with Gasteiger partial charge < -0.3 is 4.74 Å². The number of rotatable bonds is 5. The molecule has 0 atom stereocenters. The van der Waals surface area contributed by atoms with Crippen LogP contribution in [0.5, 0.6) is 5.75 Å². The van der Waals surface area contributed by atoms with Crippen LogP contribution in [0, 0.1) is 22.5 Å². The predicted octanol–water partition coefficient (Wildman–Crippen LogP) is 4.22. The van der Waals surface area contributed by atoms with Crippen molar-refractivity contribution in [3.8, 4) is 5.75 Å². The molecule has 0 amide bonds. The van der Waals surface area contributed by atoms with Gasteiger partial charge in [0.05, 0.1) is 11.5 Å². The van der Waals surface area contributed by atoms with E-state index in [2.05, 4.69) is 31.9 Å². The van der Waals surface area contributed by atoms with Crippen LogP contribution < -0.4 is 4.74 Å². The molecular weight excluding hydrogens is 366 g/mol. The molecule has 0 aliphatic heterocycles. The van der Waals surface area contributed by atoms with Gasteiger partial charge in [0.25, 0.3) is 0 Å². The normalized spacial score (nSPS) is 16.4. The maximum atomic E-state index is 11.0. The zero-order valence-corrected chi connectivity index (χ0v) is 13.1. The Hall–Kier alpha value is -0.620. The summed E-state index contributed by atoms with van der Waals surface area (Å²) >= 11 is 6.73. The van der Waals surface area contributed by atoms with E-state index in [0.29, 0.717) is 16.8 Å². The van der Waals surface area contributed by atoms with Crippen LogP contribution in [0.15, 0.2) is 16.6 Å². The SMILES string of the molecule is Cc1cc(Br)cc([N+](=O)[O-])c1OCC1(CBr)CC1. The van der Waals surface area contributed by atoms with Crippen molar-refractivity contribution in [3.63, 3.8) is 0 Å². The van der Waals surface area contributed by atoms with Crippen molar-refractivity contribution < 1.29 is 9.66 Å². The van der Waals surface area contributed by atoms with E-state index in [1.807, 2.05) is 13.0 Å². The lowest BCUT2D eigenvalue weighted by atomic mass is 10.1. The van der Waals surface area contributed by atoms with Gasteiger partial charge in [-0.15, -0.1) is 0 Å². The molecule has 0 saturated heterocycles. The fraction of sp³-hybridized carbons (Fsp3) is 0.500. The van der Waals surface area contributed by atoms with Crippen LogP contribution in [0.4, 0.5) is 5.69 Å². The summed E-state index contributed by atoms with van der Waals surface area (Å²) in [5.41, 5.74) is 0.974. The molecule has 1 aliphatic carbocycles. The zero-order chi connectivity index (χ0) is 13.3. The smallest absolute Gasteiger partial charge is 0.312 e.